The maximum atomic E-state index is 12.7. The van der Waals surface area contributed by atoms with Crippen molar-refractivity contribution in [2.45, 2.75) is 22.6 Å². The molecule has 0 radical (unpaired) electrons. The zero-order valence-corrected chi connectivity index (χ0v) is 15.3. The molecule has 0 unspecified atom stereocenters. The van der Waals surface area contributed by atoms with E-state index in [0.29, 0.717) is 19.6 Å². The molecule has 1 saturated heterocycles. The van der Waals surface area contributed by atoms with Crippen LogP contribution in [-0.4, -0.2) is 54.4 Å². The van der Waals surface area contributed by atoms with Crippen LogP contribution in [0, 0.1) is 0 Å². The van der Waals surface area contributed by atoms with Gasteiger partial charge >= 0.3 is 0 Å². The smallest absolute Gasteiger partial charge is 0.244 e. The summed E-state index contributed by atoms with van der Waals surface area (Å²) in [4.78, 5) is -0.355. The number of nitrogens with zero attached hydrogens (tertiary/aromatic N) is 1. The lowest BCUT2D eigenvalue weighted by Crippen LogP contribution is -2.33. The van der Waals surface area contributed by atoms with Gasteiger partial charge in [0.15, 0.2) is 0 Å². The minimum Gasteiger partial charge on any atom is -0.318 e. The average molecular weight is 384 g/mol. The lowest BCUT2D eigenvalue weighted by molar-refractivity contribution is 0.474. The molecule has 1 aliphatic rings. The van der Waals surface area contributed by atoms with E-state index < -0.39 is 20.0 Å². The first-order chi connectivity index (χ1) is 10.4. The van der Waals surface area contributed by atoms with Gasteiger partial charge in [0.25, 0.3) is 0 Å². The average Bonchev–Trinajstić information content (AvgIpc) is 3.02. The van der Waals surface area contributed by atoms with Crippen LogP contribution in [0.25, 0.3) is 0 Å². The number of hydrogen-bond acceptors (Lipinski definition) is 5. The molecule has 1 heterocycles. The highest BCUT2D eigenvalue weighted by Gasteiger charge is 2.32. The molecule has 1 fully saturated rings. The number of rotatable bonds is 7. The molecule has 10 heteroatoms. The number of likely N-dealkylation sites (N-methyl/N-ethyl adjacent to an activating group) is 1. The Balaban J connectivity index is 0.00000264. The molecule has 23 heavy (non-hydrogen) atoms. The van der Waals surface area contributed by atoms with Gasteiger partial charge in [0, 0.05) is 26.2 Å². The quantitative estimate of drug-likeness (QED) is 0.664. The topological polar surface area (TPSA) is 95.6 Å². The molecular weight excluding hydrogens is 362 g/mol. The molecule has 2 N–H and O–H groups in total. The molecule has 0 atom stereocenters. The second-order valence-corrected chi connectivity index (χ2v) is 8.70. The van der Waals surface area contributed by atoms with E-state index in [9.17, 15) is 16.8 Å². The predicted molar refractivity (Wildman–Crippen MR) is 90.8 cm³/mol. The molecule has 0 aromatic heterocycles. The largest absolute Gasteiger partial charge is 0.318 e. The lowest BCUT2D eigenvalue weighted by Gasteiger charge is -2.18. The van der Waals surface area contributed by atoms with Crippen molar-refractivity contribution in [3.05, 3.63) is 24.3 Å². The van der Waals surface area contributed by atoms with E-state index in [0.717, 1.165) is 12.8 Å². The summed E-state index contributed by atoms with van der Waals surface area (Å²) in [5.41, 5.74) is 0. The summed E-state index contributed by atoms with van der Waals surface area (Å²) in [5, 5.41) is 2.83. The number of sulfonamides is 2. The van der Waals surface area contributed by atoms with E-state index in [2.05, 4.69) is 10.0 Å². The highest BCUT2D eigenvalue weighted by atomic mass is 35.5. The molecule has 7 nitrogen and oxygen atoms in total. The second kappa shape index (κ2) is 8.41. The van der Waals surface area contributed by atoms with Crippen LogP contribution in [0.3, 0.4) is 0 Å². The van der Waals surface area contributed by atoms with Crippen molar-refractivity contribution in [3.8, 4) is 0 Å². The van der Waals surface area contributed by atoms with Gasteiger partial charge in [-0.3, -0.25) is 0 Å². The molecule has 0 amide bonds. The van der Waals surface area contributed by atoms with Gasteiger partial charge in [-0.25, -0.2) is 21.6 Å². The first-order valence-corrected chi connectivity index (χ1v) is 10.1. The first kappa shape index (κ1) is 20.3. The fraction of sp³-hybridized carbons (Fsp3) is 0.538. The van der Waals surface area contributed by atoms with Crippen LogP contribution in [0.2, 0.25) is 0 Å². The lowest BCUT2D eigenvalue weighted by atomic mass is 10.4. The Labute approximate surface area is 144 Å². The van der Waals surface area contributed by atoms with E-state index in [4.69, 9.17) is 0 Å². The van der Waals surface area contributed by atoms with E-state index in [1.807, 2.05) is 0 Å². The SMILES string of the molecule is CNCCNS(=O)(=O)c1ccccc1S(=O)(=O)N1CCCC1.Cl. The van der Waals surface area contributed by atoms with Crippen molar-refractivity contribution in [1.82, 2.24) is 14.3 Å². The maximum absolute atomic E-state index is 12.7. The van der Waals surface area contributed by atoms with Gasteiger partial charge in [0.1, 0.15) is 9.79 Å². The summed E-state index contributed by atoms with van der Waals surface area (Å²) in [6.07, 6.45) is 1.60. The van der Waals surface area contributed by atoms with Gasteiger partial charge in [-0.1, -0.05) is 12.1 Å². The van der Waals surface area contributed by atoms with Crippen molar-refractivity contribution in [3.63, 3.8) is 0 Å². The molecule has 0 aliphatic carbocycles. The summed E-state index contributed by atoms with van der Waals surface area (Å²) in [7, 11) is -5.95. The van der Waals surface area contributed by atoms with Gasteiger partial charge < -0.3 is 5.32 Å². The van der Waals surface area contributed by atoms with Gasteiger partial charge in [-0.15, -0.1) is 12.4 Å². The zero-order valence-electron chi connectivity index (χ0n) is 12.9. The standard InChI is InChI=1S/C13H21N3O4S2.ClH/c1-14-8-9-15-21(17,18)12-6-2-3-7-13(12)22(19,20)16-10-4-5-11-16;/h2-3,6-7,14-15H,4-5,8-11H2,1H3;1H. The van der Waals surface area contributed by atoms with Crippen LogP contribution in [0.4, 0.5) is 0 Å². The van der Waals surface area contributed by atoms with Crippen molar-refractivity contribution >= 4 is 32.5 Å². The van der Waals surface area contributed by atoms with E-state index >= 15 is 0 Å². The third-order valence-corrected chi connectivity index (χ3v) is 7.09. The monoisotopic (exact) mass is 383 g/mol. The van der Waals surface area contributed by atoms with Crippen LogP contribution in [0.15, 0.2) is 34.1 Å². The second-order valence-electron chi connectivity index (χ2n) is 5.06. The number of nitrogens with one attached hydrogen (secondary N) is 2. The zero-order chi connectivity index (χ0) is 16.2. The molecule has 0 bridgehead atoms. The third kappa shape index (κ3) is 4.65. The Bertz CT molecular complexity index is 716. The highest BCUT2D eigenvalue weighted by Crippen LogP contribution is 2.26. The van der Waals surface area contributed by atoms with Crippen molar-refractivity contribution in [1.29, 1.82) is 0 Å². The van der Waals surface area contributed by atoms with Crippen molar-refractivity contribution < 1.29 is 16.8 Å². The molecule has 132 valence electrons. The summed E-state index contributed by atoms with van der Waals surface area (Å²) < 4.78 is 53.8. The summed E-state index contributed by atoms with van der Waals surface area (Å²) in [6.45, 7) is 1.52. The maximum Gasteiger partial charge on any atom is 0.244 e. The molecule has 1 aromatic rings. The summed E-state index contributed by atoms with van der Waals surface area (Å²) in [5.74, 6) is 0. The minimum absolute atomic E-state index is 0. The van der Waals surface area contributed by atoms with E-state index in [1.165, 1.54) is 28.6 Å². The highest BCUT2D eigenvalue weighted by molar-refractivity contribution is 7.92. The third-order valence-electron chi connectivity index (χ3n) is 3.49. The van der Waals surface area contributed by atoms with Crippen LogP contribution >= 0.6 is 12.4 Å². The molecule has 2 rings (SSSR count). The Hall–Kier alpha value is -0.710. The Morgan fingerprint density at radius 1 is 1.00 bits per heavy atom. The van der Waals surface area contributed by atoms with Gasteiger partial charge in [0.05, 0.1) is 0 Å². The molecular formula is C13H22ClN3O4S2. The fourth-order valence-corrected chi connectivity index (χ4v) is 5.69. The van der Waals surface area contributed by atoms with Crippen LogP contribution < -0.4 is 10.0 Å². The van der Waals surface area contributed by atoms with Crippen LogP contribution in [0.1, 0.15) is 12.8 Å². The molecule has 0 spiro atoms. The number of hydrogen-bond donors (Lipinski definition) is 2. The van der Waals surface area contributed by atoms with Gasteiger partial charge in [-0.05, 0) is 32.0 Å². The fourth-order valence-electron chi connectivity index (χ4n) is 2.34. The van der Waals surface area contributed by atoms with Gasteiger partial charge in [-0.2, -0.15) is 4.31 Å². The molecule has 1 aromatic carbocycles. The molecule has 1 aliphatic heterocycles. The predicted octanol–water partition coefficient (Wildman–Crippen LogP) is 0.391. The Morgan fingerprint density at radius 2 is 1.57 bits per heavy atom. The first-order valence-electron chi connectivity index (χ1n) is 7.13. The number of benzene rings is 1. The minimum atomic E-state index is -3.87. The molecule has 0 saturated carbocycles. The number of halogens is 1. The Morgan fingerprint density at radius 3 is 2.13 bits per heavy atom. The van der Waals surface area contributed by atoms with Crippen LogP contribution in [0.5, 0.6) is 0 Å². The van der Waals surface area contributed by atoms with Crippen LogP contribution in [-0.2, 0) is 20.0 Å². The Kier molecular flexibility index (Phi) is 7.43. The van der Waals surface area contributed by atoms with E-state index in [-0.39, 0.29) is 28.7 Å². The summed E-state index contributed by atoms with van der Waals surface area (Å²) in [6, 6.07) is 5.73. The van der Waals surface area contributed by atoms with E-state index in [1.54, 1.807) is 7.05 Å². The van der Waals surface area contributed by atoms with Gasteiger partial charge in [0.2, 0.25) is 20.0 Å². The summed E-state index contributed by atoms with van der Waals surface area (Å²) >= 11 is 0. The van der Waals surface area contributed by atoms with Crippen molar-refractivity contribution in [2.75, 3.05) is 33.2 Å². The normalized spacial score (nSPS) is 16.2. The van der Waals surface area contributed by atoms with Crippen molar-refractivity contribution in [2.24, 2.45) is 0 Å².